The summed E-state index contributed by atoms with van der Waals surface area (Å²) in [5.41, 5.74) is 1.67. The number of aromatic nitrogens is 3. The molecule has 1 aliphatic rings. The summed E-state index contributed by atoms with van der Waals surface area (Å²) in [5, 5.41) is 11.4. The molecule has 0 amide bonds. The van der Waals surface area contributed by atoms with Crippen LogP contribution in [0.15, 0.2) is 24.5 Å². The quantitative estimate of drug-likeness (QED) is 0.936. The highest BCUT2D eigenvalue weighted by atomic mass is 19.1. The van der Waals surface area contributed by atoms with Gasteiger partial charge in [-0.25, -0.2) is 4.39 Å². The Bertz CT molecular complexity index is 624. The molecule has 0 saturated carbocycles. The lowest BCUT2D eigenvalue weighted by atomic mass is 10.0. The van der Waals surface area contributed by atoms with Crippen molar-refractivity contribution in [3.63, 3.8) is 0 Å². The third-order valence-corrected chi connectivity index (χ3v) is 3.95. The van der Waals surface area contributed by atoms with E-state index in [-0.39, 0.29) is 11.9 Å². The predicted molar refractivity (Wildman–Crippen MR) is 79.6 cm³/mol. The van der Waals surface area contributed by atoms with Crippen molar-refractivity contribution in [2.24, 2.45) is 0 Å². The summed E-state index contributed by atoms with van der Waals surface area (Å²) >= 11 is 0. The Hall–Kier alpha value is -1.95. The zero-order valence-corrected chi connectivity index (χ0v) is 12.4. The van der Waals surface area contributed by atoms with Crippen LogP contribution in [0.1, 0.15) is 31.3 Å². The summed E-state index contributed by atoms with van der Waals surface area (Å²) in [6.07, 6.45) is 1.75. The zero-order chi connectivity index (χ0) is 14.8. The van der Waals surface area contributed by atoms with Crippen LogP contribution in [-0.4, -0.2) is 27.9 Å². The number of nitrogens with zero attached hydrogens (tertiary/aromatic N) is 4. The van der Waals surface area contributed by atoms with Gasteiger partial charge in [-0.15, -0.1) is 10.2 Å². The highest BCUT2D eigenvalue weighted by Crippen LogP contribution is 2.30. The molecule has 2 heterocycles. The van der Waals surface area contributed by atoms with Crippen LogP contribution < -0.4 is 10.2 Å². The monoisotopic (exact) mass is 289 g/mol. The number of nitrogens with one attached hydrogen (secondary N) is 1. The fraction of sp³-hybridized carbons (Fsp3) is 0.467. The van der Waals surface area contributed by atoms with Gasteiger partial charge in [-0.05, 0) is 25.6 Å². The van der Waals surface area contributed by atoms with E-state index in [9.17, 15) is 4.39 Å². The maximum atomic E-state index is 14.3. The molecule has 0 saturated heterocycles. The summed E-state index contributed by atoms with van der Waals surface area (Å²) in [4.78, 5) is 2.18. The molecule has 21 heavy (non-hydrogen) atoms. The summed E-state index contributed by atoms with van der Waals surface area (Å²) < 4.78 is 16.4. The van der Waals surface area contributed by atoms with E-state index in [1.54, 1.807) is 12.4 Å². The average molecular weight is 289 g/mol. The largest absolute Gasteiger partial charge is 0.362 e. The van der Waals surface area contributed by atoms with Gasteiger partial charge in [0.05, 0.1) is 6.54 Å². The first-order valence-corrected chi connectivity index (χ1v) is 7.34. The molecule has 0 fully saturated rings. The molecule has 5 nitrogen and oxygen atoms in total. The molecule has 1 aliphatic heterocycles. The number of hydrogen-bond donors (Lipinski definition) is 1. The minimum Gasteiger partial charge on any atom is -0.362 e. The average Bonchev–Trinajstić information content (AvgIpc) is 2.94. The van der Waals surface area contributed by atoms with Crippen molar-refractivity contribution in [3.8, 4) is 0 Å². The number of anilines is 1. The Kier molecular flexibility index (Phi) is 3.88. The topological polar surface area (TPSA) is 46.0 Å². The van der Waals surface area contributed by atoms with Gasteiger partial charge in [0.1, 0.15) is 12.1 Å². The summed E-state index contributed by atoms with van der Waals surface area (Å²) in [7, 11) is 0. The minimum absolute atomic E-state index is 0.0222. The standard InChI is InChI=1S/C15H20FN5/c1-3-17-11(2)15-12(16)5-4-6-13(15)20-7-8-21-10-18-19-14(21)9-20/h4-6,10-11,17H,3,7-9H2,1-2H3. The van der Waals surface area contributed by atoms with Crippen molar-refractivity contribution >= 4 is 5.69 Å². The molecular weight excluding hydrogens is 269 g/mol. The molecule has 1 unspecified atom stereocenters. The van der Waals surface area contributed by atoms with E-state index in [1.165, 1.54) is 6.07 Å². The van der Waals surface area contributed by atoms with E-state index in [0.29, 0.717) is 6.54 Å². The van der Waals surface area contributed by atoms with Crippen LogP contribution in [-0.2, 0) is 13.1 Å². The van der Waals surface area contributed by atoms with E-state index in [1.807, 2.05) is 24.5 Å². The number of halogens is 1. The van der Waals surface area contributed by atoms with Gasteiger partial charge in [0, 0.05) is 30.4 Å². The summed E-state index contributed by atoms with van der Waals surface area (Å²) in [6, 6.07) is 5.26. The van der Waals surface area contributed by atoms with Crippen molar-refractivity contribution in [2.45, 2.75) is 33.0 Å². The lowest BCUT2D eigenvalue weighted by Crippen LogP contribution is -2.35. The number of fused-ring (bicyclic) bond motifs is 1. The molecule has 6 heteroatoms. The maximum Gasteiger partial charge on any atom is 0.152 e. The third-order valence-electron chi connectivity index (χ3n) is 3.95. The molecule has 112 valence electrons. The number of hydrogen-bond acceptors (Lipinski definition) is 4. The van der Waals surface area contributed by atoms with E-state index in [2.05, 4.69) is 20.4 Å². The molecule has 1 aromatic carbocycles. The first-order valence-electron chi connectivity index (χ1n) is 7.34. The molecule has 1 aromatic heterocycles. The Labute approximate surface area is 123 Å². The normalized spacial score (nSPS) is 15.9. The van der Waals surface area contributed by atoms with Crippen LogP contribution in [0.2, 0.25) is 0 Å². The van der Waals surface area contributed by atoms with Crippen LogP contribution >= 0.6 is 0 Å². The first-order chi connectivity index (χ1) is 10.2. The molecule has 0 aliphatic carbocycles. The van der Waals surface area contributed by atoms with Gasteiger partial charge in [0.2, 0.25) is 0 Å². The number of benzene rings is 1. The van der Waals surface area contributed by atoms with Crippen LogP contribution in [0.4, 0.5) is 10.1 Å². The molecule has 1 atom stereocenters. The van der Waals surface area contributed by atoms with Crippen LogP contribution in [0, 0.1) is 5.82 Å². The van der Waals surface area contributed by atoms with Crippen LogP contribution in [0.3, 0.4) is 0 Å². The Morgan fingerprint density at radius 1 is 1.38 bits per heavy atom. The molecule has 0 bridgehead atoms. The van der Waals surface area contributed by atoms with Gasteiger partial charge in [-0.3, -0.25) is 0 Å². The Balaban J connectivity index is 1.94. The van der Waals surface area contributed by atoms with Crippen molar-refractivity contribution in [3.05, 3.63) is 41.7 Å². The zero-order valence-electron chi connectivity index (χ0n) is 12.4. The highest BCUT2D eigenvalue weighted by Gasteiger charge is 2.23. The Morgan fingerprint density at radius 3 is 3.05 bits per heavy atom. The van der Waals surface area contributed by atoms with Crippen molar-refractivity contribution in [1.82, 2.24) is 20.1 Å². The minimum atomic E-state index is -0.159. The van der Waals surface area contributed by atoms with Gasteiger partial charge in [0.25, 0.3) is 0 Å². The SMILES string of the molecule is CCNC(C)c1c(F)cccc1N1CCn2cnnc2C1. The van der Waals surface area contributed by atoms with Crippen LogP contribution in [0.25, 0.3) is 0 Å². The van der Waals surface area contributed by atoms with E-state index >= 15 is 0 Å². The molecule has 2 aromatic rings. The summed E-state index contributed by atoms with van der Waals surface area (Å²) in [5.74, 6) is 0.764. The molecule has 3 rings (SSSR count). The van der Waals surface area contributed by atoms with E-state index in [4.69, 9.17) is 0 Å². The van der Waals surface area contributed by atoms with Crippen LogP contribution in [0.5, 0.6) is 0 Å². The lowest BCUT2D eigenvalue weighted by molar-refractivity contribution is 0.525. The second-order valence-corrected chi connectivity index (χ2v) is 5.31. The van der Waals surface area contributed by atoms with Gasteiger partial charge in [-0.2, -0.15) is 0 Å². The maximum absolute atomic E-state index is 14.3. The smallest absolute Gasteiger partial charge is 0.152 e. The van der Waals surface area contributed by atoms with Gasteiger partial charge in [-0.1, -0.05) is 13.0 Å². The predicted octanol–water partition coefficient (Wildman–Crippen LogP) is 2.11. The fourth-order valence-electron chi connectivity index (χ4n) is 2.91. The van der Waals surface area contributed by atoms with Gasteiger partial charge in [0.15, 0.2) is 5.82 Å². The van der Waals surface area contributed by atoms with Crippen molar-refractivity contribution in [2.75, 3.05) is 18.0 Å². The van der Waals surface area contributed by atoms with E-state index in [0.717, 1.165) is 36.7 Å². The third kappa shape index (κ3) is 2.63. The summed E-state index contributed by atoms with van der Waals surface area (Å²) in [6.45, 7) is 7.16. The Morgan fingerprint density at radius 2 is 2.24 bits per heavy atom. The first kappa shape index (κ1) is 14.0. The molecule has 1 N–H and O–H groups in total. The molecule has 0 radical (unpaired) electrons. The second-order valence-electron chi connectivity index (χ2n) is 5.31. The van der Waals surface area contributed by atoms with Gasteiger partial charge < -0.3 is 14.8 Å². The van der Waals surface area contributed by atoms with E-state index < -0.39 is 0 Å². The van der Waals surface area contributed by atoms with Crippen molar-refractivity contribution < 1.29 is 4.39 Å². The highest BCUT2D eigenvalue weighted by molar-refractivity contribution is 5.56. The molecule has 0 spiro atoms. The second kappa shape index (κ2) is 5.81. The lowest BCUT2D eigenvalue weighted by Gasteiger charge is -2.32. The van der Waals surface area contributed by atoms with Crippen molar-refractivity contribution in [1.29, 1.82) is 0 Å². The number of rotatable bonds is 4. The van der Waals surface area contributed by atoms with Gasteiger partial charge >= 0.3 is 0 Å². The molecular formula is C15H20FN5. The fourth-order valence-corrected chi connectivity index (χ4v) is 2.91.